The lowest BCUT2D eigenvalue weighted by Crippen LogP contribution is -2.27. The van der Waals surface area contributed by atoms with E-state index in [0.717, 1.165) is 36.4 Å². The van der Waals surface area contributed by atoms with Gasteiger partial charge in [-0.1, -0.05) is 23.7 Å². The Morgan fingerprint density at radius 3 is 2.48 bits per heavy atom. The van der Waals surface area contributed by atoms with E-state index < -0.39 is 12.1 Å². The van der Waals surface area contributed by atoms with E-state index in [1.807, 2.05) is 24.3 Å². The van der Waals surface area contributed by atoms with Crippen molar-refractivity contribution in [3.8, 4) is 5.75 Å². The van der Waals surface area contributed by atoms with Gasteiger partial charge in [-0.05, 0) is 43.1 Å². The molecule has 1 saturated heterocycles. The summed E-state index contributed by atoms with van der Waals surface area (Å²) in [5, 5.41) is 15.2. The fraction of sp³-hybridized carbons (Fsp3) is 0.389. The smallest absolute Gasteiger partial charge is 0.490 e. The summed E-state index contributed by atoms with van der Waals surface area (Å²) in [5.41, 5.74) is 1.54. The van der Waals surface area contributed by atoms with Gasteiger partial charge in [0.15, 0.2) is 0 Å². The molecule has 11 heteroatoms. The van der Waals surface area contributed by atoms with E-state index in [1.165, 1.54) is 4.68 Å². The molecule has 0 radical (unpaired) electrons. The topological polar surface area (TPSA) is 93.5 Å². The minimum Gasteiger partial charge on any atom is -0.497 e. The highest BCUT2D eigenvalue weighted by molar-refractivity contribution is 6.30. The van der Waals surface area contributed by atoms with E-state index in [1.54, 1.807) is 13.2 Å². The number of hydrogen-bond donors (Lipinski definition) is 2. The molecule has 1 aromatic carbocycles. The van der Waals surface area contributed by atoms with Crippen LogP contribution < -0.4 is 15.6 Å². The highest BCUT2D eigenvalue weighted by atomic mass is 35.5. The molecule has 29 heavy (non-hydrogen) atoms. The van der Waals surface area contributed by atoms with Crippen LogP contribution in [-0.4, -0.2) is 40.7 Å². The van der Waals surface area contributed by atoms with Gasteiger partial charge >= 0.3 is 12.1 Å². The van der Waals surface area contributed by atoms with E-state index >= 15 is 0 Å². The quantitative estimate of drug-likeness (QED) is 0.770. The molecule has 0 saturated carbocycles. The predicted octanol–water partition coefficient (Wildman–Crippen LogP) is 3.01. The number of methoxy groups -OCH3 is 1. The van der Waals surface area contributed by atoms with Crippen LogP contribution in [0.3, 0.4) is 0 Å². The third-order valence-corrected chi connectivity index (χ3v) is 4.37. The fourth-order valence-electron chi connectivity index (χ4n) is 2.65. The third kappa shape index (κ3) is 6.47. The number of nitrogens with zero attached hydrogens (tertiary/aromatic N) is 2. The Labute approximate surface area is 169 Å². The van der Waals surface area contributed by atoms with Crippen molar-refractivity contribution in [2.45, 2.75) is 31.6 Å². The molecule has 2 aromatic rings. The first-order chi connectivity index (χ1) is 13.6. The average molecular weight is 434 g/mol. The van der Waals surface area contributed by atoms with Crippen LogP contribution in [0.1, 0.15) is 30.1 Å². The van der Waals surface area contributed by atoms with Gasteiger partial charge in [-0.15, -0.1) is 0 Å². The molecule has 2 N–H and O–H groups in total. The van der Waals surface area contributed by atoms with Crippen molar-refractivity contribution in [3.63, 3.8) is 0 Å². The first-order valence-corrected chi connectivity index (χ1v) is 8.93. The second-order valence-corrected chi connectivity index (χ2v) is 6.59. The normalized spacial score (nSPS) is 16.1. The number of carboxylic acid groups (broad SMARTS) is 1. The van der Waals surface area contributed by atoms with Crippen LogP contribution in [0.4, 0.5) is 13.2 Å². The molecule has 0 bridgehead atoms. The number of benzene rings is 1. The van der Waals surface area contributed by atoms with E-state index in [0.29, 0.717) is 6.54 Å². The van der Waals surface area contributed by atoms with Gasteiger partial charge < -0.3 is 15.2 Å². The van der Waals surface area contributed by atoms with Crippen LogP contribution in [0.25, 0.3) is 0 Å². The van der Waals surface area contributed by atoms with E-state index in [2.05, 4.69) is 10.4 Å². The highest BCUT2D eigenvalue weighted by Crippen LogP contribution is 2.22. The number of carboxylic acids is 1. The summed E-state index contributed by atoms with van der Waals surface area (Å²) in [6, 6.07) is 9.43. The Bertz CT molecular complexity index is 895. The van der Waals surface area contributed by atoms with Gasteiger partial charge in [-0.3, -0.25) is 4.79 Å². The Hall–Kier alpha value is -2.59. The number of nitrogens with one attached hydrogen (secondary N) is 1. The molecule has 0 spiro atoms. The number of aromatic nitrogens is 2. The Morgan fingerprint density at radius 2 is 2.00 bits per heavy atom. The molecule has 1 aliphatic heterocycles. The van der Waals surface area contributed by atoms with Crippen molar-refractivity contribution in [2.24, 2.45) is 0 Å². The van der Waals surface area contributed by atoms with Gasteiger partial charge in [-0.2, -0.15) is 18.3 Å². The zero-order valence-electron chi connectivity index (χ0n) is 15.4. The summed E-state index contributed by atoms with van der Waals surface area (Å²) in [6.07, 6.45) is -2.95. The van der Waals surface area contributed by atoms with Gasteiger partial charge in [0.25, 0.3) is 5.56 Å². The molecule has 1 aromatic heterocycles. The first-order valence-electron chi connectivity index (χ1n) is 8.56. The predicted molar refractivity (Wildman–Crippen MR) is 99.3 cm³/mol. The van der Waals surface area contributed by atoms with Crippen LogP contribution >= 0.6 is 11.6 Å². The lowest BCUT2D eigenvalue weighted by atomic mass is 10.1. The van der Waals surface area contributed by atoms with Crippen molar-refractivity contribution in [1.82, 2.24) is 15.1 Å². The van der Waals surface area contributed by atoms with E-state index in [9.17, 15) is 18.0 Å². The molecule has 158 valence electrons. The Balaban J connectivity index is 0.000000370. The van der Waals surface area contributed by atoms with Gasteiger partial charge in [0.1, 0.15) is 10.8 Å². The van der Waals surface area contributed by atoms with E-state index in [4.69, 9.17) is 26.2 Å². The van der Waals surface area contributed by atoms with E-state index in [-0.39, 0.29) is 16.6 Å². The molecule has 1 atom stereocenters. The molecular formula is C18H19ClF3N3O4. The Kier molecular flexibility index (Phi) is 7.63. The van der Waals surface area contributed by atoms with Gasteiger partial charge in [0, 0.05) is 0 Å². The van der Waals surface area contributed by atoms with Gasteiger partial charge in [0.05, 0.1) is 25.4 Å². The number of rotatable bonds is 4. The van der Waals surface area contributed by atoms with Crippen molar-refractivity contribution in [2.75, 3.05) is 13.7 Å². The monoisotopic (exact) mass is 433 g/mol. The summed E-state index contributed by atoms with van der Waals surface area (Å²) in [5.74, 6) is -1.97. The van der Waals surface area contributed by atoms with Crippen LogP contribution in [0, 0.1) is 0 Å². The molecule has 1 fully saturated rings. The number of aliphatic carboxylic acids is 1. The minimum absolute atomic E-state index is 0.181. The van der Waals surface area contributed by atoms with Crippen LogP contribution in [0.5, 0.6) is 5.75 Å². The van der Waals surface area contributed by atoms with Crippen LogP contribution in [-0.2, 0) is 11.3 Å². The van der Waals surface area contributed by atoms with Crippen LogP contribution in [0.15, 0.2) is 35.1 Å². The van der Waals surface area contributed by atoms with Crippen molar-refractivity contribution < 1.29 is 27.8 Å². The fourth-order valence-corrected chi connectivity index (χ4v) is 2.86. The average Bonchev–Trinajstić information content (AvgIpc) is 3.20. The largest absolute Gasteiger partial charge is 0.497 e. The number of halogens is 4. The third-order valence-electron chi connectivity index (χ3n) is 4.10. The zero-order valence-corrected chi connectivity index (χ0v) is 16.1. The number of carbonyl (C=O) groups is 1. The summed E-state index contributed by atoms with van der Waals surface area (Å²) in [7, 11) is 1.62. The summed E-state index contributed by atoms with van der Waals surface area (Å²) in [4.78, 5) is 21.1. The molecule has 3 rings (SSSR count). The van der Waals surface area contributed by atoms with Crippen molar-refractivity contribution in [1.29, 1.82) is 0 Å². The first kappa shape index (κ1) is 22.7. The van der Waals surface area contributed by atoms with Gasteiger partial charge in [0.2, 0.25) is 0 Å². The maximum absolute atomic E-state index is 12.2. The minimum atomic E-state index is -5.08. The SMILES string of the molecule is COc1ccc(Cn2nc(C3CCCN3)cc(Cl)c2=O)cc1.O=C(O)C(F)(F)F. The lowest BCUT2D eigenvalue weighted by Gasteiger charge is -2.13. The standard InChI is InChI=1S/C16H18ClN3O2.C2HF3O2/c1-22-12-6-4-11(5-7-12)10-20-16(21)13(17)9-15(19-20)14-3-2-8-18-14;3-2(4,5)1(6)7/h4-7,9,14,18H,2-3,8,10H2,1H3;(H,6,7). The summed E-state index contributed by atoms with van der Waals surface area (Å²) >= 11 is 6.09. The van der Waals surface area contributed by atoms with Crippen molar-refractivity contribution >= 4 is 17.6 Å². The number of alkyl halides is 3. The molecule has 7 nitrogen and oxygen atoms in total. The second kappa shape index (κ2) is 9.75. The van der Waals surface area contributed by atoms with Gasteiger partial charge in [-0.25, -0.2) is 9.48 Å². The molecule has 0 amide bonds. The van der Waals surface area contributed by atoms with Crippen molar-refractivity contribution in [3.05, 3.63) is 57.0 Å². The second-order valence-electron chi connectivity index (χ2n) is 6.18. The summed E-state index contributed by atoms with van der Waals surface area (Å²) < 4.78 is 38.3. The highest BCUT2D eigenvalue weighted by Gasteiger charge is 2.38. The molecular weight excluding hydrogens is 415 g/mol. The molecule has 1 unspecified atom stereocenters. The lowest BCUT2D eigenvalue weighted by molar-refractivity contribution is -0.192. The number of ether oxygens (including phenoxy) is 1. The zero-order chi connectivity index (χ0) is 21.6. The molecule has 1 aliphatic rings. The maximum atomic E-state index is 12.2. The molecule has 2 heterocycles. The Morgan fingerprint density at radius 1 is 1.38 bits per heavy atom. The summed E-state index contributed by atoms with van der Waals surface area (Å²) in [6.45, 7) is 1.37. The number of hydrogen-bond acceptors (Lipinski definition) is 5. The molecule has 0 aliphatic carbocycles. The van der Waals surface area contributed by atoms with Crippen LogP contribution in [0.2, 0.25) is 5.02 Å². The maximum Gasteiger partial charge on any atom is 0.490 e.